The summed E-state index contributed by atoms with van der Waals surface area (Å²) in [6.07, 6.45) is 6.17. The minimum Gasteiger partial charge on any atom is -0.451 e. The van der Waals surface area contributed by atoms with Crippen molar-refractivity contribution in [3.05, 3.63) is 0 Å². The lowest BCUT2D eigenvalue weighted by Crippen LogP contribution is -2.45. The number of carbonyl (C=O) groups excluding carboxylic acids is 4. The van der Waals surface area contributed by atoms with E-state index in [-0.39, 0.29) is 37.5 Å². The molecular formula is C28H48Cl4N2O10. The van der Waals surface area contributed by atoms with Gasteiger partial charge in [0.25, 0.3) is 0 Å². The number of likely N-dealkylation sites (tertiary alicyclic amines) is 2. The van der Waals surface area contributed by atoms with Crippen molar-refractivity contribution in [3.63, 3.8) is 0 Å². The molecule has 2 rings (SSSR count). The summed E-state index contributed by atoms with van der Waals surface area (Å²) in [5.41, 5.74) is -1.84. The summed E-state index contributed by atoms with van der Waals surface area (Å²) in [5.74, 6) is 0. The number of alkyl halides is 3. The number of aliphatic hydroxyl groups is 1. The monoisotopic (exact) mass is 712 g/mol. The topological polar surface area (TPSA) is 141 Å². The second-order valence-electron chi connectivity index (χ2n) is 12.1. The van der Waals surface area contributed by atoms with E-state index in [9.17, 15) is 24.3 Å². The van der Waals surface area contributed by atoms with Crippen molar-refractivity contribution in [2.75, 3.05) is 33.4 Å². The zero-order valence-corrected chi connectivity index (χ0v) is 29.7. The third-order valence-corrected chi connectivity index (χ3v) is 6.32. The Morgan fingerprint density at radius 3 is 1.50 bits per heavy atom. The lowest BCUT2D eigenvalue weighted by atomic mass is 10.1. The summed E-state index contributed by atoms with van der Waals surface area (Å²) in [6, 6.07) is -0.225. The van der Waals surface area contributed by atoms with Gasteiger partial charge in [0.15, 0.2) is 0 Å². The third-order valence-electron chi connectivity index (χ3n) is 5.98. The Kier molecular flexibility index (Phi) is 19.8. The lowest BCUT2D eigenvalue weighted by Gasteiger charge is -2.31. The fourth-order valence-electron chi connectivity index (χ4n) is 4.14. The molecule has 0 aliphatic carbocycles. The molecule has 258 valence electrons. The third kappa shape index (κ3) is 21.2. The largest absolute Gasteiger partial charge is 0.511 e. The van der Waals surface area contributed by atoms with E-state index in [1.165, 1.54) is 0 Å². The summed E-state index contributed by atoms with van der Waals surface area (Å²) in [4.78, 5) is 48.2. The van der Waals surface area contributed by atoms with Crippen LogP contribution in [0.4, 0.5) is 19.2 Å². The second kappa shape index (κ2) is 20.5. The Hall–Kier alpha value is -1.60. The van der Waals surface area contributed by atoms with Gasteiger partial charge < -0.3 is 38.6 Å². The number of aliphatic hydroxyl groups excluding tert-OH is 1. The van der Waals surface area contributed by atoms with Crippen molar-refractivity contribution in [2.24, 2.45) is 0 Å². The number of rotatable bonds is 3. The van der Waals surface area contributed by atoms with Crippen molar-refractivity contribution >= 4 is 70.2 Å². The molecule has 1 N–H and O–H groups in total. The average molecular weight is 715 g/mol. The Labute approximate surface area is 280 Å². The highest BCUT2D eigenvalue weighted by molar-refractivity contribution is 6.66. The SMILES string of the molecule is CC(C)(C)OC(=O)N1CCCCCC1CO.CC(C)(C)OC(=O)N1CCCCCC1COC(=O)Cl.COC(=O)OC(Cl)(Cl)Cl. The molecule has 0 aromatic carbocycles. The van der Waals surface area contributed by atoms with E-state index < -0.39 is 26.8 Å². The summed E-state index contributed by atoms with van der Waals surface area (Å²) in [6.45, 7) is 12.5. The second-order valence-corrected chi connectivity index (χ2v) is 14.6. The number of methoxy groups -OCH3 is 1. The fraction of sp³-hybridized carbons (Fsp3) is 0.857. The maximum atomic E-state index is 12.2. The van der Waals surface area contributed by atoms with Crippen LogP contribution in [0.1, 0.15) is 92.9 Å². The Morgan fingerprint density at radius 1 is 0.727 bits per heavy atom. The number of halogens is 4. The number of carbonyl (C=O) groups is 4. The molecule has 44 heavy (non-hydrogen) atoms. The molecule has 2 aliphatic rings. The van der Waals surface area contributed by atoms with Crippen molar-refractivity contribution in [1.29, 1.82) is 0 Å². The van der Waals surface area contributed by atoms with Crippen molar-refractivity contribution in [3.8, 4) is 0 Å². The summed E-state index contributed by atoms with van der Waals surface area (Å²) in [7, 11) is 1.11. The van der Waals surface area contributed by atoms with Crippen molar-refractivity contribution in [1.82, 2.24) is 9.80 Å². The summed E-state index contributed by atoms with van der Waals surface area (Å²) >= 11 is 20.2. The highest BCUT2D eigenvalue weighted by Crippen LogP contribution is 2.27. The van der Waals surface area contributed by atoms with Crippen LogP contribution < -0.4 is 0 Å². The van der Waals surface area contributed by atoms with Crippen molar-refractivity contribution in [2.45, 2.75) is 120 Å². The van der Waals surface area contributed by atoms with Crippen molar-refractivity contribution < 1.29 is 48.0 Å². The Bertz CT molecular complexity index is 891. The van der Waals surface area contributed by atoms with E-state index in [2.05, 4.69) is 9.47 Å². The number of ether oxygens (including phenoxy) is 5. The first-order valence-electron chi connectivity index (χ1n) is 14.4. The van der Waals surface area contributed by atoms with E-state index in [1.807, 2.05) is 41.5 Å². The van der Waals surface area contributed by atoms with Gasteiger partial charge in [0.05, 0.1) is 25.8 Å². The van der Waals surface area contributed by atoms with Gasteiger partial charge in [0.1, 0.15) is 17.8 Å². The van der Waals surface area contributed by atoms with E-state index in [4.69, 9.17) is 60.6 Å². The minimum absolute atomic E-state index is 0.0270. The molecule has 0 radical (unpaired) electrons. The molecule has 2 aliphatic heterocycles. The van der Waals surface area contributed by atoms with Gasteiger partial charge in [-0.1, -0.05) is 25.7 Å². The molecule has 2 fully saturated rings. The molecule has 2 saturated heterocycles. The maximum absolute atomic E-state index is 12.2. The quantitative estimate of drug-likeness (QED) is 0.133. The molecule has 2 heterocycles. The maximum Gasteiger partial charge on any atom is 0.511 e. The van der Waals surface area contributed by atoms with Gasteiger partial charge in [-0.25, -0.2) is 19.2 Å². The number of amides is 2. The molecule has 12 nitrogen and oxygen atoms in total. The van der Waals surface area contributed by atoms with Gasteiger partial charge in [-0.15, -0.1) is 0 Å². The van der Waals surface area contributed by atoms with Crippen LogP contribution in [0, 0.1) is 0 Å². The van der Waals surface area contributed by atoms with Crippen LogP contribution in [-0.4, -0.2) is 99.4 Å². The first kappa shape index (κ1) is 42.4. The Balaban J connectivity index is 0.000000671. The van der Waals surface area contributed by atoms with Crippen LogP contribution in [0.25, 0.3) is 0 Å². The van der Waals surface area contributed by atoms with E-state index in [0.29, 0.717) is 13.1 Å². The zero-order chi connectivity index (χ0) is 34.1. The molecule has 0 saturated carbocycles. The van der Waals surface area contributed by atoms with Crippen LogP contribution >= 0.6 is 46.4 Å². The smallest absolute Gasteiger partial charge is 0.451 e. The molecule has 2 amide bonds. The van der Waals surface area contributed by atoms with Crippen LogP contribution in [0.2, 0.25) is 0 Å². The van der Waals surface area contributed by atoms with E-state index >= 15 is 0 Å². The average Bonchev–Trinajstić information content (AvgIpc) is 3.26. The number of hydrogen-bond acceptors (Lipinski definition) is 10. The first-order valence-corrected chi connectivity index (χ1v) is 16.0. The Morgan fingerprint density at radius 2 is 1.16 bits per heavy atom. The molecule has 0 aromatic rings. The van der Waals surface area contributed by atoms with Crippen LogP contribution in [0.5, 0.6) is 0 Å². The number of nitrogens with zero attached hydrogens (tertiary/aromatic N) is 2. The van der Waals surface area contributed by atoms with Gasteiger partial charge in [-0.3, -0.25) is 0 Å². The standard InChI is InChI=1S/C13H22ClNO4.C12H23NO3.C3H3Cl3O3/c1-13(2,3)19-12(17)15-8-6-4-5-7-10(15)9-18-11(14)16;1-12(2,3)16-11(15)13-8-6-4-5-7-10(13)9-14;1-8-2(7)9-3(4,5)6/h10H,4-9H2,1-3H3;10,14H,4-9H2,1-3H3;1H3. The predicted molar refractivity (Wildman–Crippen MR) is 168 cm³/mol. The summed E-state index contributed by atoms with van der Waals surface area (Å²) < 4.78 is 21.5. The van der Waals surface area contributed by atoms with Gasteiger partial charge >= 0.3 is 27.7 Å². The van der Waals surface area contributed by atoms with Crippen LogP contribution in [-0.2, 0) is 23.7 Å². The minimum atomic E-state index is -2.03. The highest BCUT2D eigenvalue weighted by atomic mass is 35.6. The molecule has 0 bridgehead atoms. The molecular weight excluding hydrogens is 666 g/mol. The number of hydrogen-bond donors (Lipinski definition) is 1. The molecule has 2 atom stereocenters. The van der Waals surface area contributed by atoms with Gasteiger partial charge in [0, 0.05) is 24.7 Å². The van der Waals surface area contributed by atoms with E-state index in [0.717, 1.165) is 58.5 Å². The first-order chi connectivity index (χ1) is 20.2. The zero-order valence-electron chi connectivity index (χ0n) is 26.7. The van der Waals surface area contributed by atoms with Gasteiger partial charge in [-0.2, -0.15) is 0 Å². The predicted octanol–water partition coefficient (Wildman–Crippen LogP) is 7.80. The van der Waals surface area contributed by atoms with Crippen LogP contribution in [0.3, 0.4) is 0 Å². The molecule has 0 aromatic heterocycles. The molecule has 16 heteroatoms. The lowest BCUT2D eigenvalue weighted by molar-refractivity contribution is 0.00884. The van der Waals surface area contributed by atoms with Gasteiger partial charge in [0.2, 0.25) is 0 Å². The normalized spacial score (nSPS) is 19.4. The van der Waals surface area contributed by atoms with Gasteiger partial charge in [-0.05, 0) is 102 Å². The molecule has 2 unspecified atom stereocenters. The molecule has 0 spiro atoms. The fourth-order valence-corrected chi connectivity index (χ4v) is 4.39. The highest BCUT2D eigenvalue weighted by Gasteiger charge is 2.31. The van der Waals surface area contributed by atoms with E-state index in [1.54, 1.807) is 9.80 Å². The van der Waals surface area contributed by atoms with Crippen LogP contribution in [0.15, 0.2) is 0 Å². The summed E-state index contributed by atoms with van der Waals surface area (Å²) in [5, 5.41) is 9.28.